The predicted octanol–water partition coefficient (Wildman–Crippen LogP) is 1.36. The number of carbonyl (C=O) groups excluding carboxylic acids is 1. The number of nitrogens with one attached hydrogen (secondary N) is 1. The second-order valence-electron chi connectivity index (χ2n) is 5.88. The van der Waals surface area contributed by atoms with Gasteiger partial charge in [0.25, 0.3) is 16.8 Å². The number of carbonyl (C=O) groups is 1. The maximum atomic E-state index is 12.6. The first-order chi connectivity index (χ1) is 11.5. The molecule has 0 spiro atoms. The average Bonchev–Trinajstić information content (AvgIpc) is 3.01. The van der Waals surface area contributed by atoms with Gasteiger partial charge in [0.1, 0.15) is 5.69 Å². The van der Waals surface area contributed by atoms with Crippen LogP contribution in [-0.2, 0) is 0 Å². The van der Waals surface area contributed by atoms with Gasteiger partial charge in [-0.1, -0.05) is 6.07 Å². The van der Waals surface area contributed by atoms with E-state index in [0.29, 0.717) is 6.54 Å². The molecule has 7 nitrogen and oxygen atoms in total. The molecule has 1 heterocycles. The summed E-state index contributed by atoms with van der Waals surface area (Å²) < 4.78 is 4.86. The summed E-state index contributed by atoms with van der Waals surface area (Å²) in [6.07, 6.45) is 1.87. The topological polar surface area (TPSA) is 95.9 Å². The molecule has 3 rings (SSSR count). The predicted molar refractivity (Wildman–Crippen MR) is 89.0 cm³/mol. The Morgan fingerprint density at radius 1 is 1.33 bits per heavy atom. The minimum absolute atomic E-state index is 0.0167. The van der Waals surface area contributed by atoms with Crippen LogP contribution in [0.15, 0.2) is 27.8 Å². The monoisotopic (exact) mass is 330 g/mol. The van der Waals surface area contributed by atoms with Gasteiger partial charge in [-0.2, -0.15) is 0 Å². The summed E-state index contributed by atoms with van der Waals surface area (Å²) in [7, 11) is 1.29. The second-order valence-corrected chi connectivity index (χ2v) is 5.88. The number of rotatable bonds is 4. The zero-order valence-electron chi connectivity index (χ0n) is 13.5. The number of hydrogen-bond acceptors (Lipinski definition) is 6. The van der Waals surface area contributed by atoms with Crippen LogP contribution < -0.4 is 20.9 Å². The summed E-state index contributed by atoms with van der Waals surface area (Å²) >= 11 is 0. The lowest BCUT2D eigenvalue weighted by atomic mass is 10.1. The highest BCUT2D eigenvalue weighted by molar-refractivity contribution is 5.99. The highest BCUT2D eigenvalue weighted by atomic mass is 16.5. The van der Waals surface area contributed by atoms with Gasteiger partial charge < -0.3 is 20.1 Å². The van der Waals surface area contributed by atoms with E-state index in [2.05, 4.69) is 5.32 Å². The summed E-state index contributed by atoms with van der Waals surface area (Å²) in [5.74, 6) is -0.584. The first-order valence-electron chi connectivity index (χ1n) is 7.73. The maximum Gasteiger partial charge on any atom is 0.272 e. The van der Waals surface area contributed by atoms with Gasteiger partial charge in [-0.25, -0.2) is 0 Å². The number of amides is 1. The molecular weight excluding hydrogens is 312 g/mol. The van der Waals surface area contributed by atoms with Crippen molar-refractivity contribution in [2.24, 2.45) is 0 Å². The molecule has 2 aromatic carbocycles. The number of phenolic OH excluding ortho intramolecular Hbond substituents is 1. The molecule has 0 aliphatic carbocycles. The SMILES string of the molecule is COc1c(Nc2cccc(C(=O)N3CCC[C@@H]3C)c2O)c(=O)c1=O. The Labute approximate surface area is 138 Å². The highest BCUT2D eigenvalue weighted by Crippen LogP contribution is 2.33. The molecule has 1 saturated heterocycles. The third-order valence-electron chi connectivity index (χ3n) is 4.41. The molecule has 2 N–H and O–H groups in total. The van der Waals surface area contributed by atoms with Crippen LogP contribution in [0, 0.1) is 0 Å². The van der Waals surface area contributed by atoms with Crippen LogP contribution in [-0.4, -0.2) is 35.6 Å². The number of aromatic hydroxyl groups is 1. The van der Waals surface area contributed by atoms with E-state index in [0.717, 1.165) is 12.8 Å². The lowest BCUT2D eigenvalue weighted by Crippen LogP contribution is -2.35. The van der Waals surface area contributed by atoms with Gasteiger partial charge in [0.2, 0.25) is 0 Å². The van der Waals surface area contributed by atoms with Crippen LogP contribution in [0.4, 0.5) is 11.4 Å². The molecular formula is C17H18N2O5. The van der Waals surface area contributed by atoms with Crippen molar-refractivity contribution in [2.75, 3.05) is 19.0 Å². The largest absolute Gasteiger partial charge is 0.505 e. The van der Waals surface area contributed by atoms with Crippen molar-refractivity contribution in [2.45, 2.75) is 25.8 Å². The van der Waals surface area contributed by atoms with Gasteiger partial charge in [-0.15, -0.1) is 0 Å². The van der Waals surface area contributed by atoms with E-state index >= 15 is 0 Å². The van der Waals surface area contributed by atoms with E-state index in [9.17, 15) is 19.5 Å². The summed E-state index contributed by atoms with van der Waals surface area (Å²) in [5, 5.41) is 13.1. The molecule has 7 heteroatoms. The minimum Gasteiger partial charge on any atom is -0.505 e. The van der Waals surface area contributed by atoms with Crippen LogP contribution in [0.25, 0.3) is 0 Å². The molecule has 1 aliphatic heterocycles. The van der Waals surface area contributed by atoms with Crippen molar-refractivity contribution >= 4 is 17.3 Å². The van der Waals surface area contributed by atoms with Crippen molar-refractivity contribution in [1.82, 2.24) is 4.90 Å². The van der Waals surface area contributed by atoms with E-state index in [1.165, 1.54) is 19.2 Å². The Bertz CT molecular complexity index is 866. The summed E-state index contributed by atoms with van der Waals surface area (Å²) in [6, 6.07) is 4.79. The Morgan fingerprint density at radius 2 is 2.08 bits per heavy atom. The molecule has 0 saturated carbocycles. The molecule has 1 aliphatic rings. The van der Waals surface area contributed by atoms with Gasteiger partial charge in [0.05, 0.1) is 18.4 Å². The first kappa shape index (κ1) is 16.0. The lowest BCUT2D eigenvalue weighted by molar-refractivity contribution is 0.0744. The molecule has 0 radical (unpaired) electrons. The number of anilines is 2. The minimum atomic E-state index is -0.712. The van der Waals surface area contributed by atoms with E-state index in [-0.39, 0.29) is 40.4 Å². The highest BCUT2D eigenvalue weighted by Gasteiger charge is 2.29. The number of ether oxygens (including phenoxy) is 1. The quantitative estimate of drug-likeness (QED) is 0.649. The molecule has 126 valence electrons. The Morgan fingerprint density at radius 3 is 2.71 bits per heavy atom. The van der Waals surface area contributed by atoms with Gasteiger partial charge in [-0.3, -0.25) is 14.4 Å². The Balaban J connectivity index is 1.91. The van der Waals surface area contributed by atoms with Crippen molar-refractivity contribution in [3.05, 3.63) is 44.2 Å². The van der Waals surface area contributed by atoms with E-state index in [1.807, 2.05) is 6.92 Å². The molecule has 1 atom stereocenters. The smallest absolute Gasteiger partial charge is 0.272 e. The van der Waals surface area contributed by atoms with E-state index in [1.54, 1.807) is 11.0 Å². The number of nitrogens with zero attached hydrogens (tertiary/aromatic N) is 1. The Kier molecular flexibility index (Phi) is 4.01. The fourth-order valence-corrected chi connectivity index (χ4v) is 3.02. The standard InChI is InChI=1S/C17H18N2O5/c1-9-5-4-8-19(9)17(23)10-6-3-7-11(13(10)20)18-12-14(21)15(22)16(12)24-2/h3,6-7,9,18,20H,4-5,8H2,1-2H3/t9-/m0/s1. The number of likely N-dealkylation sites (tertiary alicyclic amines) is 1. The van der Waals surface area contributed by atoms with Crippen molar-refractivity contribution in [1.29, 1.82) is 0 Å². The molecule has 2 aromatic rings. The van der Waals surface area contributed by atoms with Crippen molar-refractivity contribution in [3.8, 4) is 11.5 Å². The average molecular weight is 330 g/mol. The van der Waals surface area contributed by atoms with Crippen LogP contribution in [0.2, 0.25) is 0 Å². The molecule has 24 heavy (non-hydrogen) atoms. The van der Waals surface area contributed by atoms with E-state index < -0.39 is 10.9 Å². The molecule has 0 unspecified atom stereocenters. The normalized spacial score (nSPS) is 17.2. The number of hydrogen-bond donors (Lipinski definition) is 2. The third kappa shape index (κ3) is 2.42. The number of para-hydroxylation sites is 1. The Hall–Kier alpha value is -2.83. The molecule has 0 aromatic heterocycles. The molecule has 0 bridgehead atoms. The fraction of sp³-hybridized carbons (Fsp3) is 0.353. The van der Waals surface area contributed by atoms with Gasteiger partial charge >= 0.3 is 0 Å². The van der Waals surface area contributed by atoms with Crippen LogP contribution in [0.1, 0.15) is 30.1 Å². The fourth-order valence-electron chi connectivity index (χ4n) is 3.02. The van der Waals surface area contributed by atoms with E-state index in [4.69, 9.17) is 4.74 Å². The summed E-state index contributed by atoms with van der Waals surface area (Å²) in [5.41, 5.74) is -1.10. The van der Waals surface area contributed by atoms with Gasteiger partial charge in [0, 0.05) is 12.6 Å². The second kappa shape index (κ2) is 5.99. The number of methoxy groups -OCH3 is 1. The van der Waals surface area contributed by atoms with Crippen LogP contribution in [0.3, 0.4) is 0 Å². The third-order valence-corrected chi connectivity index (χ3v) is 4.41. The molecule has 1 amide bonds. The summed E-state index contributed by atoms with van der Waals surface area (Å²) in [4.78, 5) is 37.3. The lowest BCUT2D eigenvalue weighted by Gasteiger charge is -2.22. The van der Waals surface area contributed by atoms with Crippen LogP contribution >= 0.6 is 0 Å². The van der Waals surface area contributed by atoms with Crippen molar-refractivity contribution in [3.63, 3.8) is 0 Å². The molecule has 1 fully saturated rings. The van der Waals surface area contributed by atoms with Gasteiger partial charge in [0.15, 0.2) is 11.5 Å². The maximum absolute atomic E-state index is 12.6. The first-order valence-corrected chi connectivity index (χ1v) is 7.73. The zero-order valence-corrected chi connectivity index (χ0v) is 13.5. The zero-order chi connectivity index (χ0) is 17.4. The summed E-state index contributed by atoms with van der Waals surface area (Å²) in [6.45, 7) is 2.63. The number of phenols is 1. The van der Waals surface area contributed by atoms with Crippen LogP contribution in [0.5, 0.6) is 11.5 Å². The van der Waals surface area contributed by atoms with Crippen molar-refractivity contribution < 1.29 is 14.6 Å². The number of benzene rings is 1. The van der Waals surface area contributed by atoms with Gasteiger partial charge in [-0.05, 0) is 31.9 Å².